The van der Waals surface area contributed by atoms with Gasteiger partial charge in [-0.15, -0.1) is 0 Å². The van der Waals surface area contributed by atoms with Crippen LogP contribution in [0.15, 0.2) is 30.3 Å². The molecule has 2 rings (SSSR count). The lowest BCUT2D eigenvalue weighted by Crippen LogP contribution is -2.34. The van der Waals surface area contributed by atoms with Crippen LogP contribution in [-0.4, -0.2) is 23.4 Å². The van der Waals surface area contributed by atoms with Crippen LogP contribution in [0.5, 0.6) is 0 Å². The Balaban J connectivity index is 2.39. The van der Waals surface area contributed by atoms with E-state index in [4.69, 9.17) is 11.5 Å². The van der Waals surface area contributed by atoms with Crippen LogP contribution in [0.4, 0.5) is 10.8 Å². The number of nitrogens with zero attached hydrogens (tertiary/aromatic N) is 2. The molecule has 1 amide bonds. The van der Waals surface area contributed by atoms with Gasteiger partial charge in [0.15, 0.2) is 0 Å². The van der Waals surface area contributed by atoms with E-state index in [0.29, 0.717) is 5.82 Å². The first-order valence-electron chi connectivity index (χ1n) is 6.97. The lowest BCUT2D eigenvalue weighted by atomic mass is 10.1. The monoisotopic (exact) mass is 304 g/mol. The minimum Gasteiger partial charge on any atom is -0.382 e. The van der Waals surface area contributed by atoms with E-state index in [-0.39, 0.29) is 12.5 Å². The van der Waals surface area contributed by atoms with Gasteiger partial charge < -0.3 is 16.4 Å². The first-order valence-corrected chi connectivity index (χ1v) is 7.74. The number of unbranched alkanes of at least 4 members (excludes halogenated alkanes) is 1. The highest BCUT2D eigenvalue weighted by Crippen LogP contribution is 2.39. The van der Waals surface area contributed by atoms with E-state index in [1.165, 1.54) is 11.5 Å². The first kappa shape index (κ1) is 15.3. The molecule has 0 aliphatic rings. The third-order valence-electron chi connectivity index (χ3n) is 3.18. The van der Waals surface area contributed by atoms with Crippen molar-refractivity contribution in [3.8, 4) is 11.1 Å². The molecule has 0 unspecified atom stereocenters. The maximum Gasteiger partial charge on any atom is 0.236 e. The third-order valence-corrected chi connectivity index (χ3v) is 4.10. The van der Waals surface area contributed by atoms with Crippen molar-refractivity contribution in [3.63, 3.8) is 0 Å². The minimum atomic E-state index is -0.350. The molecule has 112 valence electrons. The smallest absolute Gasteiger partial charge is 0.236 e. The molecule has 5 nitrogen and oxygen atoms in total. The van der Waals surface area contributed by atoms with Crippen molar-refractivity contribution in [2.24, 2.45) is 5.73 Å². The largest absolute Gasteiger partial charge is 0.382 e. The average Bonchev–Trinajstić information content (AvgIpc) is 2.85. The third kappa shape index (κ3) is 3.72. The van der Waals surface area contributed by atoms with Gasteiger partial charge in [-0.3, -0.25) is 4.79 Å². The second kappa shape index (κ2) is 7.08. The van der Waals surface area contributed by atoms with E-state index in [2.05, 4.69) is 11.3 Å². The van der Waals surface area contributed by atoms with Gasteiger partial charge in [0.2, 0.25) is 5.91 Å². The average molecular weight is 304 g/mol. The molecule has 1 aromatic carbocycles. The number of nitrogens with two attached hydrogens (primary N) is 2. The number of carbonyl (C=O) groups is 1. The molecule has 0 saturated carbocycles. The highest BCUT2D eigenvalue weighted by molar-refractivity contribution is 7.11. The number of aromatic nitrogens is 1. The number of carbonyl (C=O) groups excluding carboxylic acids is 1. The van der Waals surface area contributed by atoms with Gasteiger partial charge in [-0.05, 0) is 23.5 Å². The molecule has 0 aliphatic carbocycles. The van der Waals surface area contributed by atoms with Gasteiger partial charge >= 0.3 is 0 Å². The van der Waals surface area contributed by atoms with Gasteiger partial charge in [-0.25, -0.2) is 0 Å². The Morgan fingerprint density at radius 2 is 2.05 bits per heavy atom. The predicted octanol–water partition coefficient (Wildman–Crippen LogP) is 2.48. The number of nitrogen functional groups attached to an aromatic ring is 1. The predicted molar refractivity (Wildman–Crippen MR) is 88.3 cm³/mol. The fourth-order valence-electron chi connectivity index (χ4n) is 2.17. The van der Waals surface area contributed by atoms with Crippen molar-refractivity contribution in [1.29, 1.82) is 0 Å². The zero-order chi connectivity index (χ0) is 15.2. The Morgan fingerprint density at radius 3 is 2.67 bits per heavy atom. The summed E-state index contributed by atoms with van der Waals surface area (Å²) in [6.07, 6.45) is 2.03. The molecule has 0 bridgehead atoms. The van der Waals surface area contributed by atoms with Crippen LogP contribution in [0.2, 0.25) is 0 Å². The van der Waals surface area contributed by atoms with Gasteiger partial charge in [-0.2, -0.15) is 4.37 Å². The zero-order valence-corrected chi connectivity index (χ0v) is 12.9. The van der Waals surface area contributed by atoms with Crippen molar-refractivity contribution in [2.75, 3.05) is 23.7 Å². The Bertz CT molecular complexity index is 597. The van der Waals surface area contributed by atoms with Crippen molar-refractivity contribution in [3.05, 3.63) is 30.3 Å². The van der Waals surface area contributed by atoms with Gasteiger partial charge in [0, 0.05) is 6.54 Å². The number of primary amides is 1. The molecule has 2 aromatic rings. The van der Waals surface area contributed by atoms with Crippen molar-refractivity contribution in [2.45, 2.75) is 19.8 Å². The van der Waals surface area contributed by atoms with E-state index in [1.54, 1.807) is 0 Å². The second-order valence-electron chi connectivity index (χ2n) is 4.86. The summed E-state index contributed by atoms with van der Waals surface area (Å²) < 4.78 is 4.25. The van der Waals surface area contributed by atoms with Crippen molar-refractivity contribution < 1.29 is 4.79 Å². The van der Waals surface area contributed by atoms with Crippen LogP contribution in [-0.2, 0) is 4.79 Å². The number of benzene rings is 1. The molecule has 0 fully saturated rings. The topological polar surface area (TPSA) is 85.2 Å². The summed E-state index contributed by atoms with van der Waals surface area (Å²) in [7, 11) is 0. The van der Waals surface area contributed by atoms with E-state index in [9.17, 15) is 4.79 Å². The van der Waals surface area contributed by atoms with Crippen LogP contribution in [0, 0.1) is 0 Å². The van der Waals surface area contributed by atoms with Gasteiger partial charge in [0.25, 0.3) is 0 Å². The first-order chi connectivity index (χ1) is 10.1. The second-order valence-corrected chi connectivity index (χ2v) is 5.61. The van der Waals surface area contributed by atoms with E-state index in [0.717, 1.165) is 35.5 Å². The molecule has 1 heterocycles. The van der Waals surface area contributed by atoms with Gasteiger partial charge in [0.05, 0.1) is 12.1 Å². The molecule has 0 radical (unpaired) electrons. The summed E-state index contributed by atoms with van der Waals surface area (Å²) in [6.45, 7) is 3.06. The fraction of sp³-hybridized carbons (Fsp3) is 0.333. The molecule has 1 aromatic heterocycles. The molecule has 0 atom stereocenters. The fourth-order valence-corrected chi connectivity index (χ4v) is 3.04. The maximum absolute atomic E-state index is 11.3. The van der Waals surface area contributed by atoms with Crippen LogP contribution in [0.1, 0.15) is 19.8 Å². The maximum atomic E-state index is 11.3. The standard InChI is InChI=1S/C15H20N4OS/c1-2-3-9-19(10-12(16)20)15-13(14(17)18-21-15)11-7-5-4-6-8-11/h4-8H,2-3,9-10H2,1H3,(H2,16,20)(H2,17,18). The number of amides is 1. The number of hydrogen-bond donors (Lipinski definition) is 2. The SMILES string of the molecule is CCCCN(CC(N)=O)c1snc(N)c1-c1ccccc1. The van der Waals surface area contributed by atoms with Gasteiger partial charge in [-0.1, -0.05) is 43.7 Å². The lowest BCUT2D eigenvalue weighted by molar-refractivity contribution is -0.116. The van der Waals surface area contributed by atoms with Gasteiger partial charge in [0.1, 0.15) is 10.8 Å². The van der Waals surface area contributed by atoms with E-state index < -0.39 is 0 Å². The number of hydrogen-bond acceptors (Lipinski definition) is 5. The highest BCUT2D eigenvalue weighted by Gasteiger charge is 2.20. The lowest BCUT2D eigenvalue weighted by Gasteiger charge is -2.22. The van der Waals surface area contributed by atoms with Crippen LogP contribution < -0.4 is 16.4 Å². The normalized spacial score (nSPS) is 10.5. The quantitative estimate of drug-likeness (QED) is 0.823. The Morgan fingerprint density at radius 1 is 1.33 bits per heavy atom. The molecule has 0 saturated heterocycles. The van der Waals surface area contributed by atoms with Crippen LogP contribution in [0.3, 0.4) is 0 Å². The highest BCUT2D eigenvalue weighted by atomic mass is 32.1. The summed E-state index contributed by atoms with van der Waals surface area (Å²) in [5.74, 6) is 0.143. The van der Waals surface area contributed by atoms with E-state index >= 15 is 0 Å². The summed E-state index contributed by atoms with van der Waals surface area (Å²) in [6, 6.07) is 9.86. The molecular formula is C15H20N4OS. The molecule has 0 aliphatic heterocycles. The minimum absolute atomic E-state index is 0.182. The summed E-state index contributed by atoms with van der Waals surface area (Å²) in [4.78, 5) is 13.3. The molecule has 6 heteroatoms. The summed E-state index contributed by atoms with van der Waals surface area (Å²) in [5.41, 5.74) is 13.3. The number of anilines is 2. The number of rotatable bonds is 7. The van der Waals surface area contributed by atoms with Crippen LogP contribution in [0.25, 0.3) is 11.1 Å². The Hall–Kier alpha value is -2.08. The van der Waals surface area contributed by atoms with Crippen molar-refractivity contribution >= 4 is 28.3 Å². The van der Waals surface area contributed by atoms with Crippen LogP contribution >= 0.6 is 11.5 Å². The molecule has 0 spiro atoms. The molecule has 4 N–H and O–H groups in total. The Labute approximate surface area is 128 Å². The molecular weight excluding hydrogens is 284 g/mol. The zero-order valence-electron chi connectivity index (χ0n) is 12.1. The van der Waals surface area contributed by atoms with Crippen molar-refractivity contribution in [1.82, 2.24) is 4.37 Å². The summed E-state index contributed by atoms with van der Waals surface area (Å²) >= 11 is 1.31. The molecule has 21 heavy (non-hydrogen) atoms. The summed E-state index contributed by atoms with van der Waals surface area (Å²) in [5, 5.41) is 0.908. The Kier molecular flexibility index (Phi) is 5.16. The van der Waals surface area contributed by atoms with E-state index in [1.807, 2.05) is 35.2 Å².